The summed E-state index contributed by atoms with van der Waals surface area (Å²) in [6.45, 7) is 0. The van der Waals surface area contributed by atoms with Gasteiger partial charge >= 0.3 is 0 Å². The van der Waals surface area contributed by atoms with Gasteiger partial charge in [-0.25, -0.2) is 0 Å². The monoisotopic (exact) mass is 366 g/mol. The highest BCUT2D eigenvalue weighted by Gasteiger charge is 2.16. The minimum Gasteiger partial charge on any atom is -0.493 e. The molecule has 0 unspecified atom stereocenters. The van der Waals surface area contributed by atoms with E-state index in [4.69, 9.17) is 18.6 Å². The molecule has 0 radical (unpaired) electrons. The van der Waals surface area contributed by atoms with Gasteiger partial charge in [-0.2, -0.15) is 0 Å². The summed E-state index contributed by atoms with van der Waals surface area (Å²) in [6.07, 6.45) is 4.08. The number of methoxy groups -OCH3 is 3. The molecule has 0 aliphatic heterocycles. The summed E-state index contributed by atoms with van der Waals surface area (Å²) in [5.41, 5.74) is 0.918. The Balaban J connectivity index is 1.96. The van der Waals surface area contributed by atoms with Gasteiger partial charge in [0.05, 0.1) is 32.3 Å². The Morgan fingerprint density at radius 2 is 1.67 bits per heavy atom. The summed E-state index contributed by atoms with van der Waals surface area (Å²) < 4.78 is 21.2. The largest absolute Gasteiger partial charge is 0.493 e. The van der Waals surface area contributed by atoms with Crippen LogP contribution in [0.15, 0.2) is 57.9 Å². The average Bonchev–Trinajstić information content (AvgIpc) is 2.72. The summed E-state index contributed by atoms with van der Waals surface area (Å²) in [5, 5.41) is 0.458. The SMILES string of the molecule is COc1cc(C(=O)/C=C/c2coc3ccccc3c2=O)cc(OC)c1OC. The predicted octanol–water partition coefficient (Wildman–Crippen LogP) is 3.71. The number of hydrogen-bond acceptors (Lipinski definition) is 6. The van der Waals surface area contributed by atoms with E-state index in [1.54, 1.807) is 36.4 Å². The lowest BCUT2D eigenvalue weighted by molar-refractivity contribution is 0.104. The number of carbonyl (C=O) groups excluding carboxylic acids is 1. The Morgan fingerprint density at radius 3 is 2.30 bits per heavy atom. The highest BCUT2D eigenvalue weighted by molar-refractivity contribution is 6.07. The molecule has 3 aromatic rings. The molecule has 138 valence electrons. The first-order valence-electron chi connectivity index (χ1n) is 8.12. The molecular formula is C21H18O6. The number of para-hydroxylation sites is 1. The number of allylic oxidation sites excluding steroid dienone is 1. The molecule has 1 heterocycles. The van der Waals surface area contributed by atoms with Crippen LogP contribution in [-0.2, 0) is 0 Å². The van der Waals surface area contributed by atoms with Gasteiger partial charge in [-0.15, -0.1) is 0 Å². The van der Waals surface area contributed by atoms with Crippen LogP contribution in [-0.4, -0.2) is 27.1 Å². The van der Waals surface area contributed by atoms with Gasteiger partial charge in [-0.3, -0.25) is 9.59 Å². The second-order valence-corrected chi connectivity index (χ2v) is 5.63. The molecule has 0 spiro atoms. The van der Waals surface area contributed by atoms with Gasteiger partial charge in [0.25, 0.3) is 0 Å². The Morgan fingerprint density at radius 1 is 1.00 bits per heavy atom. The second-order valence-electron chi connectivity index (χ2n) is 5.63. The van der Waals surface area contributed by atoms with Crippen molar-refractivity contribution in [2.75, 3.05) is 21.3 Å². The molecule has 3 rings (SSSR count). The van der Waals surface area contributed by atoms with Crippen molar-refractivity contribution in [2.45, 2.75) is 0 Å². The lowest BCUT2D eigenvalue weighted by Gasteiger charge is -2.13. The fourth-order valence-corrected chi connectivity index (χ4v) is 2.69. The van der Waals surface area contributed by atoms with Gasteiger partial charge < -0.3 is 18.6 Å². The van der Waals surface area contributed by atoms with E-state index in [-0.39, 0.29) is 16.8 Å². The zero-order valence-corrected chi connectivity index (χ0v) is 15.1. The number of fused-ring (bicyclic) bond motifs is 1. The first kappa shape index (κ1) is 18.3. The van der Waals surface area contributed by atoms with Gasteiger partial charge in [-0.05, 0) is 36.4 Å². The van der Waals surface area contributed by atoms with Crippen LogP contribution < -0.4 is 19.6 Å². The molecular weight excluding hydrogens is 348 g/mol. The molecule has 0 saturated heterocycles. The molecule has 0 fully saturated rings. The maximum Gasteiger partial charge on any atom is 0.203 e. The van der Waals surface area contributed by atoms with E-state index in [1.807, 2.05) is 0 Å². The van der Waals surface area contributed by atoms with Crippen LogP contribution >= 0.6 is 0 Å². The Kier molecular flexibility index (Phi) is 5.26. The summed E-state index contributed by atoms with van der Waals surface area (Å²) in [5.74, 6) is 0.829. The molecule has 0 aliphatic carbocycles. The molecule has 2 aromatic carbocycles. The Hall–Kier alpha value is -3.54. The highest BCUT2D eigenvalue weighted by atomic mass is 16.5. The normalized spacial score (nSPS) is 10.9. The van der Waals surface area contributed by atoms with Gasteiger partial charge in [0.15, 0.2) is 22.7 Å². The van der Waals surface area contributed by atoms with Crippen molar-refractivity contribution in [2.24, 2.45) is 0 Å². The van der Waals surface area contributed by atoms with Crippen LogP contribution in [0.3, 0.4) is 0 Å². The van der Waals surface area contributed by atoms with E-state index in [2.05, 4.69) is 0 Å². The standard InChI is InChI=1S/C21H18O6/c1-24-18-10-14(11-19(25-2)21(18)26-3)16(22)9-8-13-12-27-17-7-5-4-6-15(17)20(13)23/h4-12H,1-3H3/b9-8+. The number of carbonyl (C=O) groups is 1. The summed E-state index contributed by atoms with van der Waals surface area (Å²) in [4.78, 5) is 25.0. The fraction of sp³-hybridized carbons (Fsp3) is 0.143. The van der Waals surface area contributed by atoms with E-state index >= 15 is 0 Å². The average molecular weight is 366 g/mol. The van der Waals surface area contributed by atoms with Crippen LogP contribution in [0.5, 0.6) is 17.2 Å². The van der Waals surface area contributed by atoms with Crippen LogP contribution in [0.4, 0.5) is 0 Å². The van der Waals surface area contributed by atoms with E-state index in [1.165, 1.54) is 39.7 Å². The second kappa shape index (κ2) is 7.78. The highest BCUT2D eigenvalue weighted by Crippen LogP contribution is 2.38. The molecule has 0 N–H and O–H groups in total. The van der Waals surface area contributed by atoms with E-state index < -0.39 is 0 Å². The van der Waals surface area contributed by atoms with E-state index in [0.29, 0.717) is 33.8 Å². The van der Waals surface area contributed by atoms with E-state index in [0.717, 1.165) is 0 Å². The number of benzene rings is 2. The number of rotatable bonds is 6. The summed E-state index contributed by atoms with van der Waals surface area (Å²) in [6, 6.07) is 10.0. The third kappa shape index (κ3) is 3.55. The zero-order valence-electron chi connectivity index (χ0n) is 15.1. The maximum absolute atomic E-state index is 12.6. The first-order chi connectivity index (χ1) is 13.1. The number of ether oxygens (including phenoxy) is 3. The van der Waals surface area contributed by atoms with Crippen LogP contribution in [0.2, 0.25) is 0 Å². The molecule has 6 heteroatoms. The van der Waals surface area contributed by atoms with Crippen molar-refractivity contribution < 1.29 is 23.4 Å². The minimum absolute atomic E-state index is 0.203. The van der Waals surface area contributed by atoms with Crippen molar-refractivity contribution in [3.63, 3.8) is 0 Å². The Bertz CT molecular complexity index is 1050. The number of ketones is 1. The van der Waals surface area contributed by atoms with Crippen molar-refractivity contribution in [3.05, 3.63) is 70.1 Å². The van der Waals surface area contributed by atoms with Crippen LogP contribution in [0.1, 0.15) is 15.9 Å². The lowest BCUT2D eigenvalue weighted by Crippen LogP contribution is -2.05. The van der Waals surface area contributed by atoms with Gasteiger partial charge in [0, 0.05) is 5.56 Å². The third-order valence-electron chi connectivity index (χ3n) is 4.07. The fourth-order valence-electron chi connectivity index (χ4n) is 2.69. The van der Waals surface area contributed by atoms with Crippen LogP contribution in [0, 0.1) is 0 Å². The molecule has 0 atom stereocenters. The number of hydrogen-bond donors (Lipinski definition) is 0. The molecule has 1 aromatic heterocycles. The predicted molar refractivity (Wildman–Crippen MR) is 102 cm³/mol. The topological polar surface area (TPSA) is 75.0 Å². The molecule has 0 amide bonds. The summed E-state index contributed by atoms with van der Waals surface area (Å²) >= 11 is 0. The molecule has 6 nitrogen and oxygen atoms in total. The van der Waals surface area contributed by atoms with Gasteiger partial charge in [0.1, 0.15) is 11.8 Å². The van der Waals surface area contributed by atoms with Crippen molar-refractivity contribution in [1.82, 2.24) is 0 Å². The quantitative estimate of drug-likeness (QED) is 0.489. The molecule has 27 heavy (non-hydrogen) atoms. The summed E-state index contributed by atoms with van der Waals surface area (Å²) in [7, 11) is 4.43. The van der Waals surface area contributed by atoms with Gasteiger partial charge in [-0.1, -0.05) is 12.1 Å². The maximum atomic E-state index is 12.6. The van der Waals surface area contributed by atoms with Crippen molar-refractivity contribution in [1.29, 1.82) is 0 Å². The first-order valence-corrected chi connectivity index (χ1v) is 8.12. The third-order valence-corrected chi connectivity index (χ3v) is 4.07. The van der Waals surface area contributed by atoms with Crippen molar-refractivity contribution in [3.8, 4) is 17.2 Å². The smallest absolute Gasteiger partial charge is 0.203 e. The van der Waals surface area contributed by atoms with E-state index in [9.17, 15) is 9.59 Å². The Labute approximate surface area is 155 Å². The lowest BCUT2D eigenvalue weighted by atomic mass is 10.1. The molecule has 0 aliphatic rings. The minimum atomic E-state index is -0.318. The van der Waals surface area contributed by atoms with Crippen LogP contribution in [0.25, 0.3) is 17.0 Å². The molecule has 0 bridgehead atoms. The van der Waals surface area contributed by atoms with Gasteiger partial charge in [0.2, 0.25) is 5.75 Å². The zero-order chi connectivity index (χ0) is 19.4. The molecule has 0 saturated carbocycles. The van der Waals surface area contributed by atoms with Crippen molar-refractivity contribution >= 4 is 22.8 Å².